The third-order valence-electron chi connectivity index (χ3n) is 3.55. The van der Waals surface area contributed by atoms with Crippen LogP contribution in [0.4, 0.5) is 0 Å². The Balaban J connectivity index is 2.54. The van der Waals surface area contributed by atoms with Crippen LogP contribution in [0.3, 0.4) is 0 Å². The van der Waals surface area contributed by atoms with Crippen molar-refractivity contribution in [3.8, 4) is 0 Å². The van der Waals surface area contributed by atoms with Crippen LogP contribution in [-0.4, -0.2) is 38.0 Å². The van der Waals surface area contributed by atoms with E-state index in [-0.39, 0.29) is 11.8 Å². The summed E-state index contributed by atoms with van der Waals surface area (Å²) in [5, 5.41) is 3.02. The second-order valence-corrected chi connectivity index (χ2v) is 5.99. The fourth-order valence-corrected chi connectivity index (χ4v) is 2.10. The van der Waals surface area contributed by atoms with Crippen LogP contribution in [0.1, 0.15) is 50.2 Å². The molecule has 1 aromatic rings. The Hall–Kier alpha value is -1.35. The molecule has 0 heterocycles. The van der Waals surface area contributed by atoms with Gasteiger partial charge >= 0.3 is 0 Å². The lowest BCUT2D eigenvalue weighted by atomic mass is 9.94. The van der Waals surface area contributed by atoms with Crippen LogP contribution in [-0.2, 0) is 4.79 Å². The number of hydrogen-bond acceptors (Lipinski definition) is 2. The fourth-order valence-electron chi connectivity index (χ4n) is 2.10. The molecular weight excluding hydrogens is 248 g/mol. The van der Waals surface area contributed by atoms with Gasteiger partial charge in [0.25, 0.3) is 0 Å². The first-order valence-corrected chi connectivity index (χ1v) is 7.44. The number of hydrogen-bond donors (Lipinski definition) is 1. The van der Waals surface area contributed by atoms with Crippen LogP contribution in [0, 0.1) is 0 Å². The number of carbonyl (C=O) groups is 1. The van der Waals surface area contributed by atoms with E-state index in [1.165, 1.54) is 5.56 Å². The van der Waals surface area contributed by atoms with Gasteiger partial charge in [-0.2, -0.15) is 0 Å². The molecule has 20 heavy (non-hydrogen) atoms. The van der Waals surface area contributed by atoms with Gasteiger partial charge in [-0.25, -0.2) is 0 Å². The Morgan fingerprint density at radius 3 is 2.45 bits per heavy atom. The van der Waals surface area contributed by atoms with Crippen molar-refractivity contribution in [3.63, 3.8) is 0 Å². The van der Waals surface area contributed by atoms with Crippen molar-refractivity contribution >= 4 is 5.91 Å². The van der Waals surface area contributed by atoms with E-state index in [9.17, 15) is 4.79 Å². The molecule has 1 unspecified atom stereocenters. The van der Waals surface area contributed by atoms with Crippen molar-refractivity contribution in [2.75, 3.05) is 27.2 Å². The van der Waals surface area contributed by atoms with Crippen molar-refractivity contribution in [1.82, 2.24) is 10.2 Å². The Bertz CT molecular complexity index is 427. The topological polar surface area (TPSA) is 32.3 Å². The van der Waals surface area contributed by atoms with Crippen LogP contribution in [0.2, 0.25) is 0 Å². The molecule has 0 saturated heterocycles. The molecule has 0 aliphatic carbocycles. The zero-order valence-electron chi connectivity index (χ0n) is 13.4. The average molecular weight is 276 g/mol. The third-order valence-corrected chi connectivity index (χ3v) is 3.55. The predicted octanol–water partition coefficient (Wildman–Crippen LogP) is 2.98. The lowest BCUT2D eigenvalue weighted by molar-refractivity contribution is -0.122. The minimum absolute atomic E-state index is 0.0898. The Morgan fingerprint density at radius 1 is 1.20 bits per heavy atom. The van der Waals surface area contributed by atoms with E-state index in [0.717, 1.165) is 25.1 Å². The molecular formula is C17H28N2O. The van der Waals surface area contributed by atoms with Crippen molar-refractivity contribution in [1.29, 1.82) is 0 Å². The second kappa shape index (κ2) is 8.05. The van der Waals surface area contributed by atoms with Crippen LogP contribution in [0.15, 0.2) is 24.3 Å². The molecule has 1 atom stereocenters. The molecule has 3 heteroatoms. The largest absolute Gasteiger partial charge is 0.356 e. The molecule has 3 nitrogen and oxygen atoms in total. The second-order valence-electron chi connectivity index (χ2n) is 5.99. The van der Waals surface area contributed by atoms with Gasteiger partial charge < -0.3 is 10.2 Å². The van der Waals surface area contributed by atoms with Crippen LogP contribution >= 0.6 is 0 Å². The summed E-state index contributed by atoms with van der Waals surface area (Å²) in [6.07, 6.45) is 0.984. The van der Waals surface area contributed by atoms with Crippen molar-refractivity contribution in [2.24, 2.45) is 0 Å². The van der Waals surface area contributed by atoms with Gasteiger partial charge in [-0.15, -0.1) is 0 Å². The normalized spacial score (nSPS) is 12.8. The summed E-state index contributed by atoms with van der Waals surface area (Å²) < 4.78 is 0. The minimum Gasteiger partial charge on any atom is -0.356 e. The van der Waals surface area contributed by atoms with E-state index in [1.807, 2.05) is 33.2 Å². The van der Waals surface area contributed by atoms with E-state index in [4.69, 9.17) is 0 Å². The van der Waals surface area contributed by atoms with Crippen LogP contribution < -0.4 is 5.32 Å². The summed E-state index contributed by atoms with van der Waals surface area (Å²) >= 11 is 0. The molecule has 112 valence electrons. The van der Waals surface area contributed by atoms with Crippen molar-refractivity contribution < 1.29 is 4.79 Å². The number of benzene rings is 1. The van der Waals surface area contributed by atoms with Gasteiger partial charge in [-0.1, -0.05) is 38.1 Å². The molecule has 0 spiro atoms. The zero-order valence-corrected chi connectivity index (χ0v) is 13.4. The highest BCUT2D eigenvalue weighted by molar-refractivity contribution is 5.83. The summed E-state index contributed by atoms with van der Waals surface area (Å²) in [5.74, 6) is 0.517. The minimum atomic E-state index is -0.0898. The number of carbonyl (C=O) groups excluding carboxylic acids is 1. The molecule has 0 aliphatic rings. The first-order chi connectivity index (χ1) is 9.41. The van der Waals surface area contributed by atoms with Crippen molar-refractivity contribution in [2.45, 2.75) is 39.0 Å². The first kappa shape index (κ1) is 16.7. The monoisotopic (exact) mass is 276 g/mol. The maximum absolute atomic E-state index is 12.1. The highest BCUT2D eigenvalue weighted by Gasteiger charge is 2.15. The highest BCUT2D eigenvalue weighted by atomic mass is 16.1. The standard InChI is InChI=1S/C17H28N2O/c1-13(2)15-8-6-9-16(12-15)14(3)17(20)18-10-7-11-19(4)5/h6,8-9,12-14H,7,10-11H2,1-5H3,(H,18,20). The van der Waals surface area contributed by atoms with Gasteiger partial charge in [-0.3, -0.25) is 4.79 Å². The van der Waals surface area contributed by atoms with E-state index >= 15 is 0 Å². The molecule has 0 fully saturated rings. The zero-order chi connectivity index (χ0) is 15.1. The molecule has 1 aromatic carbocycles. The molecule has 0 saturated carbocycles. The summed E-state index contributed by atoms with van der Waals surface area (Å²) in [5.41, 5.74) is 2.39. The van der Waals surface area contributed by atoms with E-state index < -0.39 is 0 Å². The number of nitrogens with one attached hydrogen (secondary N) is 1. The lowest BCUT2D eigenvalue weighted by Gasteiger charge is -2.15. The van der Waals surface area contributed by atoms with Gasteiger partial charge in [0.1, 0.15) is 0 Å². The number of rotatable bonds is 7. The molecule has 1 N–H and O–H groups in total. The lowest BCUT2D eigenvalue weighted by Crippen LogP contribution is -2.30. The van der Waals surface area contributed by atoms with Gasteiger partial charge in [0.05, 0.1) is 5.92 Å². The van der Waals surface area contributed by atoms with Crippen LogP contribution in [0.5, 0.6) is 0 Å². The van der Waals surface area contributed by atoms with E-state index in [0.29, 0.717) is 5.92 Å². The summed E-state index contributed by atoms with van der Waals surface area (Å²) in [6.45, 7) is 8.06. The summed E-state index contributed by atoms with van der Waals surface area (Å²) in [4.78, 5) is 14.3. The van der Waals surface area contributed by atoms with E-state index in [1.54, 1.807) is 0 Å². The summed E-state index contributed by atoms with van der Waals surface area (Å²) in [7, 11) is 4.09. The molecule has 0 bridgehead atoms. The molecule has 0 aromatic heterocycles. The molecule has 0 radical (unpaired) electrons. The Morgan fingerprint density at radius 2 is 1.85 bits per heavy atom. The van der Waals surface area contributed by atoms with Gasteiger partial charge in [0, 0.05) is 6.54 Å². The summed E-state index contributed by atoms with van der Waals surface area (Å²) in [6, 6.07) is 8.35. The molecule has 0 aliphatic heterocycles. The number of amides is 1. The van der Waals surface area contributed by atoms with Gasteiger partial charge in [0.2, 0.25) is 5.91 Å². The predicted molar refractivity (Wildman–Crippen MR) is 85.1 cm³/mol. The third kappa shape index (κ3) is 5.33. The SMILES string of the molecule is CC(C)c1cccc(C(C)C(=O)NCCCN(C)C)c1. The number of nitrogens with zero attached hydrogens (tertiary/aromatic N) is 1. The Labute approximate surface area is 123 Å². The maximum Gasteiger partial charge on any atom is 0.227 e. The highest BCUT2D eigenvalue weighted by Crippen LogP contribution is 2.21. The van der Waals surface area contributed by atoms with Gasteiger partial charge in [-0.05, 0) is 51.0 Å². The van der Waals surface area contributed by atoms with E-state index in [2.05, 4.69) is 36.2 Å². The maximum atomic E-state index is 12.1. The van der Waals surface area contributed by atoms with Gasteiger partial charge in [0.15, 0.2) is 0 Å². The molecule has 1 amide bonds. The quantitative estimate of drug-likeness (QED) is 0.777. The average Bonchev–Trinajstić information content (AvgIpc) is 2.42. The molecule has 1 rings (SSSR count). The first-order valence-electron chi connectivity index (χ1n) is 7.44. The fraction of sp³-hybridized carbons (Fsp3) is 0.588. The smallest absolute Gasteiger partial charge is 0.227 e. The van der Waals surface area contributed by atoms with Crippen LogP contribution in [0.25, 0.3) is 0 Å². The van der Waals surface area contributed by atoms with Crippen molar-refractivity contribution in [3.05, 3.63) is 35.4 Å². The Kier molecular flexibility index (Phi) is 6.73.